The third-order valence-electron chi connectivity index (χ3n) is 3.69. The first-order chi connectivity index (χ1) is 9.79. The summed E-state index contributed by atoms with van der Waals surface area (Å²) in [6, 6.07) is -1.59. The molecule has 0 bridgehead atoms. The summed E-state index contributed by atoms with van der Waals surface area (Å²) in [5.74, 6) is -1.83. The fraction of sp³-hybridized carbons (Fsp3) is 0.643. The number of amides is 2. The predicted molar refractivity (Wildman–Crippen MR) is 77.1 cm³/mol. The molecule has 2 amide bonds. The zero-order chi connectivity index (χ0) is 15.8. The van der Waals surface area contributed by atoms with E-state index in [0.717, 1.165) is 6.42 Å². The number of nitrogens with one attached hydrogen (secondary N) is 1. The molecule has 22 heavy (non-hydrogen) atoms. The fourth-order valence-corrected chi connectivity index (χ4v) is 4.34. The smallest absolute Gasteiger partial charge is 0.548 e. The van der Waals surface area contributed by atoms with Crippen molar-refractivity contribution in [2.75, 3.05) is 0 Å². The predicted octanol–water partition coefficient (Wildman–Crippen LogP) is -3.36. The van der Waals surface area contributed by atoms with Gasteiger partial charge in [0.2, 0.25) is 11.8 Å². The molecule has 0 radical (unpaired) electrons. The standard InChI is InChI=1S/C14H20N2O4S.K/c1-4-5-6-7-8(17)15-9-11(18)16-10(13(19)20)14(2,3)21-12(9)16;/h5-6,9-10,12H,4,7H2,1-3H3,(H,15,17)(H,19,20);/q;+1/p-1/b6-5+;/t9-,10+,12-;/m1./s1. The number of aliphatic carboxylic acids is 1. The minimum Gasteiger partial charge on any atom is -0.548 e. The number of fused-ring (bicyclic) bond motifs is 1. The van der Waals surface area contributed by atoms with Crippen molar-refractivity contribution >= 4 is 29.5 Å². The molecule has 2 aliphatic rings. The summed E-state index contributed by atoms with van der Waals surface area (Å²) in [4.78, 5) is 36.4. The number of hydrogen-bond donors (Lipinski definition) is 1. The Morgan fingerprint density at radius 1 is 1.41 bits per heavy atom. The number of hydrogen-bond acceptors (Lipinski definition) is 5. The van der Waals surface area contributed by atoms with Crippen LogP contribution in [-0.4, -0.2) is 44.9 Å². The van der Waals surface area contributed by atoms with Crippen LogP contribution in [0.4, 0.5) is 0 Å². The van der Waals surface area contributed by atoms with Crippen molar-refractivity contribution < 1.29 is 70.9 Å². The second kappa shape index (κ2) is 7.81. The Balaban J connectivity index is 0.00000242. The zero-order valence-electron chi connectivity index (χ0n) is 13.3. The Morgan fingerprint density at radius 3 is 2.59 bits per heavy atom. The first kappa shape index (κ1) is 20.2. The van der Waals surface area contributed by atoms with Gasteiger partial charge in [0.1, 0.15) is 11.4 Å². The molecule has 0 unspecified atom stereocenters. The van der Waals surface area contributed by atoms with Crippen LogP contribution in [0, 0.1) is 0 Å². The van der Waals surface area contributed by atoms with E-state index in [1.54, 1.807) is 19.9 Å². The number of rotatable bonds is 5. The summed E-state index contributed by atoms with van der Waals surface area (Å²) in [6.45, 7) is 5.51. The second-order valence-electron chi connectivity index (χ2n) is 5.71. The average Bonchev–Trinajstić information content (AvgIpc) is 2.65. The molecule has 2 heterocycles. The molecule has 116 valence electrons. The molecule has 0 aromatic heterocycles. The molecule has 1 N–H and O–H groups in total. The molecular weight excluding hydrogens is 331 g/mol. The van der Waals surface area contributed by atoms with Crippen molar-refractivity contribution in [2.24, 2.45) is 0 Å². The summed E-state index contributed by atoms with van der Waals surface area (Å²) in [6.07, 6.45) is 4.71. The van der Waals surface area contributed by atoms with Crippen LogP contribution in [0.1, 0.15) is 33.6 Å². The number of carboxylic acid groups (broad SMARTS) is 1. The van der Waals surface area contributed by atoms with E-state index in [1.807, 2.05) is 13.0 Å². The van der Waals surface area contributed by atoms with Gasteiger partial charge in [-0.15, -0.1) is 11.8 Å². The SMILES string of the molecule is CC/C=C/CC(=O)N[C@@H]1C(=O)N2[C@@H]1SC(C)(C)[C@@H]2C(=O)[O-].[K+]. The van der Waals surface area contributed by atoms with Crippen LogP contribution in [0.2, 0.25) is 0 Å². The van der Waals surface area contributed by atoms with E-state index < -0.39 is 22.8 Å². The minimum absolute atomic E-state index is 0. The third-order valence-corrected chi connectivity index (χ3v) is 5.26. The van der Waals surface area contributed by atoms with E-state index in [-0.39, 0.29) is 75.0 Å². The number of nitrogens with zero attached hydrogens (tertiary/aromatic N) is 1. The zero-order valence-corrected chi connectivity index (χ0v) is 17.2. The molecule has 8 heteroatoms. The maximum absolute atomic E-state index is 12.1. The number of carbonyl (C=O) groups is 3. The van der Waals surface area contributed by atoms with E-state index in [0.29, 0.717) is 0 Å². The Hall–Kier alpha value is 0.136. The molecule has 2 rings (SSSR count). The van der Waals surface area contributed by atoms with Gasteiger partial charge in [-0.1, -0.05) is 19.1 Å². The van der Waals surface area contributed by atoms with Crippen molar-refractivity contribution in [3.05, 3.63) is 12.2 Å². The van der Waals surface area contributed by atoms with Crippen molar-refractivity contribution in [2.45, 2.75) is 55.8 Å². The molecule has 0 aromatic carbocycles. The quantitative estimate of drug-likeness (QED) is 0.318. The van der Waals surface area contributed by atoms with Gasteiger partial charge in [0.25, 0.3) is 0 Å². The molecule has 2 fully saturated rings. The second-order valence-corrected chi connectivity index (χ2v) is 7.48. The van der Waals surface area contributed by atoms with Gasteiger partial charge in [0, 0.05) is 11.2 Å². The van der Waals surface area contributed by atoms with E-state index in [4.69, 9.17) is 0 Å². The molecule has 0 aliphatic carbocycles. The van der Waals surface area contributed by atoms with Gasteiger partial charge in [-0.3, -0.25) is 9.59 Å². The van der Waals surface area contributed by atoms with E-state index in [2.05, 4.69) is 5.32 Å². The summed E-state index contributed by atoms with van der Waals surface area (Å²) in [5.41, 5.74) is 0. The molecule has 0 spiro atoms. The van der Waals surface area contributed by atoms with Crippen LogP contribution in [0.5, 0.6) is 0 Å². The monoisotopic (exact) mass is 350 g/mol. The topological polar surface area (TPSA) is 89.5 Å². The van der Waals surface area contributed by atoms with Crippen LogP contribution in [0.25, 0.3) is 0 Å². The van der Waals surface area contributed by atoms with Crippen LogP contribution in [0.15, 0.2) is 12.2 Å². The molecule has 2 saturated heterocycles. The Bertz CT molecular complexity index is 509. The minimum atomic E-state index is -1.25. The molecule has 3 atom stereocenters. The van der Waals surface area contributed by atoms with Gasteiger partial charge in [-0.05, 0) is 20.3 Å². The normalized spacial score (nSPS) is 28.8. The van der Waals surface area contributed by atoms with E-state index >= 15 is 0 Å². The van der Waals surface area contributed by atoms with Gasteiger partial charge in [0.05, 0.1) is 12.0 Å². The van der Waals surface area contributed by atoms with Gasteiger partial charge >= 0.3 is 51.4 Å². The van der Waals surface area contributed by atoms with E-state index in [9.17, 15) is 19.5 Å². The largest absolute Gasteiger partial charge is 1.00 e. The number of allylic oxidation sites excluding steroid dienone is 1. The van der Waals surface area contributed by atoms with Crippen molar-refractivity contribution in [3.8, 4) is 0 Å². The summed E-state index contributed by atoms with van der Waals surface area (Å²) < 4.78 is -0.624. The summed E-state index contributed by atoms with van der Waals surface area (Å²) in [5, 5.41) is 13.6. The van der Waals surface area contributed by atoms with Crippen LogP contribution in [-0.2, 0) is 14.4 Å². The first-order valence-corrected chi connectivity index (χ1v) is 7.82. The van der Waals surface area contributed by atoms with E-state index in [1.165, 1.54) is 16.7 Å². The van der Waals surface area contributed by atoms with Crippen molar-refractivity contribution in [1.29, 1.82) is 0 Å². The number of β-lactam (4-membered cyclic amide) rings is 1. The van der Waals surface area contributed by atoms with Crippen molar-refractivity contribution in [1.82, 2.24) is 10.2 Å². The van der Waals surface area contributed by atoms with Gasteiger partial charge in [-0.25, -0.2) is 0 Å². The number of carbonyl (C=O) groups excluding carboxylic acids is 3. The first-order valence-electron chi connectivity index (χ1n) is 6.94. The fourth-order valence-electron chi connectivity index (χ4n) is 2.72. The Morgan fingerprint density at radius 2 is 2.05 bits per heavy atom. The summed E-state index contributed by atoms with van der Waals surface area (Å²) in [7, 11) is 0. The van der Waals surface area contributed by atoms with Crippen molar-refractivity contribution in [3.63, 3.8) is 0 Å². The average molecular weight is 350 g/mol. The van der Waals surface area contributed by atoms with Crippen LogP contribution in [0.3, 0.4) is 0 Å². The maximum atomic E-state index is 12.1. The van der Waals surface area contributed by atoms with Gasteiger partial charge in [-0.2, -0.15) is 0 Å². The van der Waals surface area contributed by atoms with Gasteiger partial charge in [0.15, 0.2) is 0 Å². The summed E-state index contributed by atoms with van der Waals surface area (Å²) >= 11 is 1.39. The number of thioether (sulfide) groups is 1. The Labute approximate surface area is 176 Å². The molecular formula is C14H19KN2O4S. The van der Waals surface area contributed by atoms with Crippen LogP contribution >= 0.6 is 11.8 Å². The maximum Gasteiger partial charge on any atom is 1.00 e. The molecule has 0 saturated carbocycles. The van der Waals surface area contributed by atoms with Gasteiger partial charge < -0.3 is 20.1 Å². The third kappa shape index (κ3) is 3.79. The van der Waals surface area contributed by atoms with Crippen LogP contribution < -0.4 is 61.8 Å². The number of carboxylic acids is 1. The Kier molecular flexibility index (Phi) is 7.16. The molecule has 0 aromatic rings. The molecule has 6 nitrogen and oxygen atoms in total. The molecule has 2 aliphatic heterocycles.